The molecule has 13 heavy (non-hydrogen) atoms. The van der Waals surface area contributed by atoms with Gasteiger partial charge >= 0.3 is 0 Å². The molecule has 0 aliphatic rings. The Morgan fingerprint density at radius 3 is 2.77 bits per heavy atom. The lowest BCUT2D eigenvalue weighted by Gasteiger charge is -2.01. The Hall–Kier alpha value is -1.69. The molecule has 0 amide bonds. The van der Waals surface area contributed by atoms with E-state index in [-0.39, 0.29) is 5.56 Å². The number of rotatable bonds is 1. The van der Waals surface area contributed by atoms with Crippen LogP contribution >= 0.6 is 0 Å². The van der Waals surface area contributed by atoms with Gasteiger partial charge in [0.15, 0.2) is 11.6 Å². The van der Waals surface area contributed by atoms with Gasteiger partial charge in [0, 0.05) is 11.6 Å². The van der Waals surface area contributed by atoms with Gasteiger partial charge in [0.25, 0.3) is 0 Å². The quantitative estimate of drug-likeness (QED) is 0.608. The number of benzene rings is 1. The van der Waals surface area contributed by atoms with Gasteiger partial charge in [0.1, 0.15) is 0 Å². The van der Waals surface area contributed by atoms with Crippen LogP contribution in [0.25, 0.3) is 5.57 Å². The van der Waals surface area contributed by atoms with Crippen molar-refractivity contribution in [1.29, 1.82) is 5.26 Å². The fraction of sp³-hybridized carbons (Fsp3) is 0.100. The number of hydrogen-bond acceptors (Lipinski definition) is 1. The molecule has 66 valence electrons. The molecule has 3 heteroatoms. The van der Waals surface area contributed by atoms with Gasteiger partial charge < -0.3 is 0 Å². The Kier molecular flexibility index (Phi) is 2.76. The van der Waals surface area contributed by atoms with Gasteiger partial charge in [-0.2, -0.15) is 5.26 Å². The molecule has 0 bridgehead atoms. The lowest BCUT2D eigenvalue weighted by Crippen LogP contribution is -1.90. The fourth-order valence-electron chi connectivity index (χ4n) is 0.983. The van der Waals surface area contributed by atoms with Crippen LogP contribution in [0.5, 0.6) is 0 Å². The minimum Gasteiger partial charge on any atom is -0.204 e. The first-order valence-corrected chi connectivity index (χ1v) is 3.67. The Balaban J connectivity index is 3.25. The summed E-state index contributed by atoms with van der Waals surface area (Å²) in [5.74, 6) is -1.81. The van der Waals surface area contributed by atoms with E-state index < -0.39 is 11.6 Å². The zero-order valence-corrected chi connectivity index (χ0v) is 7.01. The highest BCUT2D eigenvalue weighted by Gasteiger charge is 2.07. The van der Waals surface area contributed by atoms with Gasteiger partial charge in [0.2, 0.25) is 0 Å². The van der Waals surface area contributed by atoms with Crippen molar-refractivity contribution in [2.24, 2.45) is 0 Å². The molecule has 0 unspecified atom stereocenters. The Morgan fingerprint density at radius 1 is 1.46 bits per heavy atom. The monoisotopic (exact) mass is 179 g/mol. The minimum atomic E-state index is -0.911. The lowest BCUT2D eigenvalue weighted by molar-refractivity contribution is 0.506. The third-order valence-corrected chi connectivity index (χ3v) is 1.66. The van der Waals surface area contributed by atoms with Crippen molar-refractivity contribution in [3.05, 3.63) is 41.5 Å². The van der Waals surface area contributed by atoms with Gasteiger partial charge in [-0.3, -0.25) is 0 Å². The molecular weight excluding hydrogens is 172 g/mol. The van der Waals surface area contributed by atoms with Crippen molar-refractivity contribution in [2.75, 3.05) is 0 Å². The maximum Gasteiger partial charge on any atom is 0.166 e. The second kappa shape index (κ2) is 3.81. The first-order chi connectivity index (χ1) is 6.16. The highest BCUT2D eigenvalue weighted by atomic mass is 19.2. The number of hydrogen-bond donors (Lipinski definition) is 0. The standard InChI is InChI=1S/C10H7F2N/c1-7(5-6-13)8-3-2-4-9(11)10(8)12/h2-5H,1H3/b7-5-. The summed E-state index contributed by atoms with van der Waals surface area (Å²) in [5, 5.41) is 8.32. The largest absolute Gasteiger partial charge is 0.204 e. The lowest BCUT2D eigenvalue weighted by atomic mass is 10.1. The summed E-state index contributed by atoms with van der Waals surface area (Å²) in [6, 6.07) is 5.64. The Bertz CT molecular complexity index is 388. The molecule has 0 aliphatic heterocycles. The van der Waals surface area contributed by atoms with E-state index >= 15 is 0 Å². The van der Waals surface area contributed by atoms with E-state index in [4.69, 9.17) is 5.26 Å². The average Bonchev–Trinajstić information content (AvgIpc) is 2.10. The second-order valence-electron chi connectivity index (χ2n) is 2.56. The van der Waals surface area contributed by atoms with Crippen LogP contribution < -0.4 is 0 Å². The first kappa shape index (κ1) is 9.40. The Morgan fingerprint density at radius 2 is 2.15 bits per heavy atom. The van der Waals surface area contributed by atoms with Crippen LogP contribution in [0.4, 0.5) is 8.78 Å². The number of halogens is 2. The van der Waals surface area contributed by atoms with E-state index in [1.54, 1.807) is 13.0 Å². The molecule has 0 saturated carbocycles. The first-order valence-electron chi connectivity index (χ1n) is 3.67. The zero-order chi connectivity index (χ0) is 9.84. The van der Waals surface area contributed by atoms with Crippen molar-refractivity contribution >= 4 is 5.57 Å². The average molecular weight is 179 g/mol. The molecule has 0 saturated heterocycles. The van der Waals surface area contributed by atoms with E-state index in [2.05, 4.69) is 0 Å². The second-order valence-corrected chi connectivity index (χ2v) is 2.56. The molecule has 0 heterocycles. The number of nitrogens with zero attached hydrogens (tertiary/aromatic N) is 1. The third kappa shape index (κ3) is 1.91. The van der Waals surface area contributed by atoms with E-state index in [9.17, 15) is 8.78 Å². The molecule has 0 aromatic heterocycles. The van der Waals surface area contributed by atoms with Gasteiger partial charge in [-0.1, -0.05) is 12.1 Å². The van der Waals surface area contributed by atoms with Gasteiger partial charge in [0.05, 0.1) is 6.07 Å². The van der Waals surface area contributed by atoms with Crippen LogP contribution in [0.1, 0.15) is 12.5 Å². The predicted molar refractivity (Wildman–Crippen MR) is 45.6 cm³/mol. The maximum absolute atomic E-state index is 13.1. The Labute approximate surface area is 74.9 Å². The molecule has 1 rings (SSSR count). The normalized spacial score (nSPS) is 11.1. The van der Waals surface area contributed by atoms with Crippen LogP contribution in [0.15, 0.2) is 24.3 Å². The molecule has 0 aliphatic carbocycles. The fourth-order valence-corrected chi connectivity index (χ4v) is 0.983. The van der Waals surface area contributed by atoms with Crippen LogP contribution in [0.3, 0.4) is 0 Å². The van der Waals surface area contributed by atoms with E-state index in [0.29, 0.717) is 5.57 Å². The minimum absolute atomic E-state index is 0.126. The molecule has 1 aromatic rings. The molecule has 0 radical (unpaired) electrons. The van der Waals surface area contributed by atoms with E-state index in [0.717, 1.165) is 6.07 Å². The molecule has 0 atom stereocenters. The summed E-state index contributed by atoms with van der Waals surface area (Å²) < 4.78 is 25.7. The molecule has 1 aromatic carbocycles. The van der Waals surface area contributed by atoms with Gasteiger partial charge in [-0.25, -0.2) is 8.78 Å². The summed E-state index contributed by atoms with van der Waals surface area (Å²) in [5.41, 5.74) is 0.543. The molecular formula is C10H7F2N. The van der Waals surface area contributed by atoms with Crippen LogP contribution in [0.2, 0.25) is 0 Å². The van der Waals surface area contributed by atoms with Gasteiger partial charge in [-0.15, -0.1) is 0 Å². The predicted octanol–water partition coefficient (Wildman–Crippen LogP) is 2.89. The van der Waals surface area contributed by atoms with Gasteiger partial charge in [-0.05, 0) is 18.6 Å². The summed E-state index contributed by atoms with van der Waals surface area (Å²) in [4.78, 5) is 0. The number of allylic oxidation sites excluding steroid dienone is 2. The van der Waals surface area contributed by atoms with Crippen LogP contribution in [-0.4, -0.2) is 0 Å². The highest BCUT2D eigenvalue weighted by molar-refractivity contribution is 5.66. The molecule has 1 nitrogen and oxygen atoms in total. The summed E-state index contributed by atoms with van der Waals surface area (Å²) in [7, 11) is 0. The zero-order valence-electron chi connectivity index (χ0n) is 7.01. The van der Waals surface area contributed by atoms with E-state index in [1.165, 1.54) is 18.2 Å². The maximum atomic E-state index is 13.1. The van der Waals surface area contributed by atoms with Crippen molar-refractivity contribution in [3.8, 4) is 6.07 Å². The van der Waals surface area contributed by atoms with Crippen LogP contribution in [-0.2, 0) is 0 Å². The molecule has 0 fully saturated rings. The van der Waals surface area contributed by atoms with Crippen molar-refractivity contribution < 1.29 is 8.78 Å². The molecule has 0 spiro atoms. The summed E-state index contributed by atoms with van der Waals surface area (Å²) >= 11 is 0. The third-order valence-electron chi connectivity index (χ3n) is 1.66. The van der Waals surface area contributed by atoms with E-state index in [1.807, 2.05) is 0 Å². The number of nitriles is 1. The van der Waals surface area contributed by atoms with Crippen molar-refractivity contribution in [1.82, 2.24) is 0 Å². The summed E-state index contributed by atoms with van der Waals surface area (Å²) in [6.07, 6.45) is 1.18. The smallest absolute Gasteiger partial charge is 0.166 e. The van der Waals surface area contributed by atoms with Crippen molar-refractivity contribution in [2.45, 2.75) is 6.92 Å². The SMILES string of the molecule is C/C(=C/C#N)c1cccc(F)c1F. The van der Waals surface area contributed by atoms with Crippen LogP contribution in [0, 0.1) is 23.0 Å². The van der Waals surface area contributed by atoms with Crippen molar-refractivity contribution in [3.63, 3.8) is 0 Å². The topological polar surface area (TPSA) is 23.8 Å². The summed E-state index contributed by atoms with van der Waals surface area (Å²) in [6.45, 7) is 1.56. The molecule has 0 N–H and O–H groups in total. The highest BCUT2D eigenvalue weighted by Crippen LogP contribution is 2.19.